The number of hydrogen-bond donors (Lipinski definition) is 0. The van der Waals surface area contributed by atoms with Crippen LogP contribution in [0.15, 0.2) is 36.4 Å². The van der Waals surface area contributed by atoms with Crippen molar-refractivity contribution in [1.29, 1.82) is 0 Å². The van der Waals surface area contributed by atoms with Crippen LogP contribution < -0.4 is 14.5 Å². The summed E-state index contributed by atoms with van der Waals surface area (Å²) < 4.78 is 5.74. The summed E-state index contributed by atoms with van der Waals surface area (Å²) in [5, 5.41) is 8.86. The van der Waals surface area contributed by atoms with Crippen LogP contribution in [0.25, 0.3) is 0 Å². The highest BCUT2D eigenvalue weighted by Gasteiger charge is 2.23. The standard InChI is InChI=1S/C24H33N5O2/c1-2-3-6-19-31-21-9-7-20(8-10-21)24(30)29-17-15-28(16-18-29)23-12-11-22(25-26-23)27-13-4-5-14-27/h7-12H,2-6,13-19H2,1H3. The van der Waals surface area contributed by atoms with Gasteiger partial charge in [0.05, 0.1) is 6.61 Å². The molecule has 1 aromatic carbocycles. The second kappa shape index (κ2) is 10.5. The molecular weight excluding hydrogens is 390 g/mol. The summed E-state index contributed by atoms with van der Waals surface area (Å²) in [7, 11) is 0. The summed E-state index contributed by atoms with van der Waals surface area (Å²) in [4.78, 5) is 19.3. The molecule has 2 aliphatic heterocycles. The Bertz CT molecular complexity index is 826. The van der Waals surface area contributed by atoms with Gasteiger partial charge in [-0.1, -0.05) is 19.8 Å². The topological polar surface area (TPSA) is 61.8 Å². The van der Waals surface area contributed by atoms with E-state index in [1.807, 2.05) is 29.2 Å². The molecule has 3 heterocycles. The number of piperazine rings is 1. The number of aromatic nitrogens is 2. The lowest BCUT2D eigenvalue weighted by atomic mass is 10.1. The zero-order valence-corrected chi connectivity index (χ0v) is 18.5. The molecule has 0 atom stereocenters. The Morgan fingerprint density at radius 1 is 0.839 bits per heavy atom. The van der Waals surface area contributed by atoms with E-state index in [2.05, 4.69) is 39.1 Å². The van der Waals surface area contributed by atoms with Gasteiger partial charge in [-0.2, -0.15) is 0 Å². The normalized spacial score (nSPS) is 16.6. The van der Waals surface area contributed by atoms with Gasteiger partial charge >= 0.3 is 0 Å². The molecule has 4 rings (SSSR count). The minimum absolute atomic E-state index is 0.0765. The highest BCUT2D eigenvalue weighted by Crippen LogP contribution is 2.21. The van der Waals surface area contributed by atoms with Crippen LogP contribution in [0.2, 0.25) is 0 Å². The molecule has 0 N–H and O–H groups in total. The van der Waals surface area contributed by atoms with Crippen molar-refractivity contribution in [3.05, 3.63) is 42.0 Å². The monoisotopic (exact) mass is 423 g/mol. The molecule has 0 aliphatic carbocycles. The average molecular weight is 424 g/mol. The molecule has 2 fully saturated rings. The number of amides is 1. The van der Waals surface area contributed by atoms with E-state index < -0.39 is 0 Å². The van der Waals surface area contributed by atoms with E-state index >= 15 is 0 Å². The van der Waals surface area contributed by atoms with Crippen LogP contribution >= 0.6 is 0 Å². The number of benzene rings is 1. The van der Waals surface area contributed by atoms with E-state index in [1.165, 1.54) is 25.7 Å². The SMILES string of the molecule is CCCCCOc1ccc(C(=O)N2CCN(c3ccc(N4CCCC4)nn3)CC2)cc1. The molecule has 31 heavy (non-hydrogen) atoms. The van der Waals surface area contributed by atoms with Crippen molar-refractivity contribution >= 4 is 17.5 Å². The van der Waals surface area contributed by atoms with Gasteiger partial charge < -0.3 is 19.4 Å². The number of anilines is 2. The number of carbonyl (C=O) groups excluding carboxylic acids is 1. The second-order valence-corrected chi connectivity index (χ2v) is 8.30. The van der Waals surface area contributed by atoms with Crippen molar-refractivity contribution in [1.82, 2.24) is 15.1 Å². The van der Waals surface area contributed by atoms with Gasteiger partial charge in [-0.05, 0) is 55.7 Å². The molecular formula is C24H33N5O2. The Hall–Kier alpha value is -2.83. The van der Waals surface area contributed by atoms with Crippen molar-refractivity contribution in [3.63, 3.8) is 0 Å². The zero-order chi connectivity index (χ0) is 21.5. The third kappa shape index (κ3) is 5.46. The van der Waals surface area contributed by atoms with Crippen LogP contribution in [0, 0.1) is 0 Å². The first-order valence-corrected chi connectivity index (χ1v) is 11.6. The molecule has 0 radical (unpaired) electrons. The van der Waals surface area contributed by atoms with Gasteiger partial charge in [-0.15, -0.1) is 10.2 Å². The molecule has 7 nitrogen and oxygen atoms in total. The Morgan fingerprint density at radius 3 is 2.03 bits per heavy atom. The maximum atomic E-state index is 12.9. The largest absolute Gasteiger partial charge is 0.494 e. The van der Waals surface area contributed by atoms with Crippen molar-refractivity contribution in [2.24, 2.45) is 0 Å². The second-order valence-electron chi connectivity index (χ2n) is 8.30. The number of hydrogen-bond acceptors (Lipinski definition) is 6. The van der Waals surface area contributed by atoms with Crippen LogP contribution in [0.1, 0.15) is 49.4 Å². The lowest BCUT2D eigenvalue weighted by Gasteiger charge is -2.35. The van der Waals surface area contributed by atoms with Gasteiger partial charge in [0, 0.05) is 44.8 Å². The van der Waals surface area contributed by atoms with Crippen LogP contribution in [0.4, 0.5) is 11.6 Å². The Labute approximate surface area is 185 Å². The van der Waals surface area contributed by atoms with Crippen LogP contribution in [0.3, 0.4) is 0 Å². The van der Waals surface area contributed by atoms with Crippen molar-refractivity contribution in [2.75, 3.05) is 55.7 Å². The molecule has 7 heteroatoms. The summed E-state index contributed by atoms with van der Waals surface area (Å²) in [5.74, 6) is 2.76. The maximum Gasteiger partial charge on any atom is 0.253 e. The summed E-state index contributed by atoms with van der Waals surface area (Å²) in [6.07, 6.45) is 5.88. The number of ether oxygens (including phenoxy) is 1. The Kier molecular flexibility index (Phi) is 7.22. The third-order valence-corrected chi connectivity index (χ3v) is 6.08. The summed E-state index contributed by atoms with van der Waals surface area (Å²) in [6, 6.07) is 11.6. The number of nitrogens with zero attached hydrogens (tertiary/aromatic N) is 5. The Morgan fingerprint density at radius 2 is 1.45 bits per heavy atom. The minimum Gasteiger partial charge on any atom is -0.494 e. The van der Waals surface area contributed by atoms with Crippen LogP contribution in [0.5, 0.6) is 5.75 Å². The zero-order valence-electron chi connectivity index (χ0n) is 18.5. The maximum absolute atomic E-state index is 12.9. The fraction of sp³-hybridized carbons (Fsp3) is 0.542. The van der Waals surface area contributed by atoms with Gasteiger partial charge in [0.15, 0.2) is 11.6 Å². The molecule has 2 saturated heterocycles. The van der Waals surface area contributed by atoms with E-state index in [-0.39, 0.29) is 5.91 Å². The fourth-order valence-electron chi connectivity index (χ4n) is 4.16. The fourth-order valence-corrected chi connectivity index (χ4v) is 4.16. The van der Waals surface area contributed by atoms with Gasteiger partial charge in [-0.3, -0.25) is 4.79 Å². The van der Waals surface area contributed by atoms with E-state index in [4.69, 9.17) is 4.74 Å². The van der Waals surface area contributed by atoms with Crippen LogP contribution in [-0.2, 0) is 0 Å². The van der Waals surface area contributed by atoms with Crippen LogP contribution in [-0.4, -0.2) is 66.9 Å². The van der Waals surface area contributed by atoms with Gasteiger partial charge in [0.25, 0.3) is 5.91 Å². The molecule has 0 unspecified atom stereocenters. The minimum atomic E-state index is 0.0765. The first-order chi connectivity index (χ1) is 15.2. The van der Waals surface area contributed by atoms with Gasteiger partial charge in [-0.25, -0.2) is 0 Å². The lowest BCUT2D eigenvalue weighted by Crippen LogP contribution is -2.49. The predicted molar refractivity (Wildman–Crippen MR) is 123 cm³/mol. The highest BCUT2D eigenvalue weighted by atomic mass is 16.5. The average Bonchev–Trinajstić information content (AvgIpc) is 3.37. The molecule has 0 spiro atoms. The van der Waals surface area contributed by atoms with Crippen molar-refractivity contribution in [3.8, 4) is 5.75 Å². The van der Waals surface area contributed by atoms with E-state index in [0.717, 1.165) is 56.6 Å². The molecule has 2 aliphatic rings. The molecule has 0 saturated carbocycles. The first-order valence-electron chi connectivity index (χ1n) is 11.6. The molecule has 2 aromatic rings. The smallest absolute Gasteiger partial charge is 0.253 e. The Balaban J connectivity index is 1.26. The van der Waals surface area contributed by atoms with Gasteiger partial charge in [0.1, 0.15) is 5.75 Å². The number of carbonyl (C=O) groups is 1. The number of rotatable bonds is 8. The molecule has 1 aromatic heterocycles. The van der Waals surface area contributed by atoms with E-state index in [9.17, 15) is 4.79 Å². The van der Waals surface area contributed by atoms with Gasteiger partial charge in [0.2, 0.25) is 0 Å². The summed E-state index contributed by atoms with van der Waals surface area (Å²) >= 11 is 0. The van der Waals surface area contributed by atoms with E-state index in [1.54, 1.807) is 0 Å². The first kappa shape index (κ1) is 21.4. The summed E-state index contributed by atoms with van der Waals surface area (Å²) in [5.41, 5.74) is 0.712. The van der Waals surface area contributed by atoms with Crippen molar-refractivity contribution < 1.29 is 9.53 Å². The number of unbranched alkanes of at least 4 members (excludes halogenated alkanes) is 2. The third-order valence-electron chi connectivity index (χ3n) is 6.08. The lowest BCUT2D eigenvalue weighted by molar-refractivity contribution is 0.0746. The van der Waals surface area contributed by atoms with E-state index in [0.29, 0.717) is 18.7 Å². The quantitative estimate of drug-likeness (QED) is 0.605. The van der Waals surface area contributed by atoms with Crippen molar-refractivity contribution in [2.45, 2.75) is 39.0 Å². The molecule has 1 amide bonds. The molecule has 166 valence electrons. The predicted octanol–water partition coefficient (Wildman–Crippen LogP) is 3.61. The molecule has 0 bridgehead atoms. The highest BCUT2D eigenvalue weighted by molar-refractivity contribution is 5.94. The summed E-state index contributed by atoms with van der Waals surface area (Å²) in [6.45, 7) is 7.95.